The topological polar surface area (TPSA) is 170 Å². The number of fused-ring (bicyclic) bond motifs is 3. The van der Waals surface area contributed by atoms with Crippen molar-refractivity contribution in [1.82, 2.24) is 15.5 Å². The lowest BCUT2D eigenvalue weighted by atomic mass is 9.95. The number of carboxylic acids is 1. The van der Waals surface area contributed by atoms with Crippen LogP contribution in [0.1, 0.15) is 74.6 Å². The third-order valence-electron chi connectivity index (χ3n) is 10.2. The number of nitrogens with zero attached hydrogens (tertiary/aromatic N) is 1. The molecule has 61 heavy (non-hydrogen) atoms. The van der Waals surface area contributed by atoms with Crippen LogP contribution in [0.3, 0.4) is 0 Å². The number of carbonyl (C=O) groups is 5. The van der Waals surface area contributed by atoms with E-state index in [2.05, 4.69) is 17.2 Å². The molecule has 0 bridgehead atoms. The maximum Gasteiger partial charge on any atom is 0.410 e. The first-order valence-electron chi connectivity index (χ1n) is 20.5. The van der Waals surface area contributed by atoms with Crippen LogP contribution in [-0.2, 0) is 41.8 Å². The molecule has 1 aliphatic carbocycles. The smallest absolute Gasteiger partial charge is 0.410 e. The van der Waals surface area contributed by atoms with Crippen molar-refractivity contribution in [1.29, 1.82) is 0 Å². The van der Waals surface area contributed by atoms with Crippen molar-refractivity contribution in [2.75, 3.05) is 19.7 Å². The number of rotatable bonds is 20. The van der Waals surface area contributed by atoms with E-state index in [1.165, 1.54) is 11.0 Å². The first-order valence-corrected chi connectivity index (χ1v) is 20.5. The molecule has 4 aromatic rings. The molecule has 0 unspecified atom stereocenters. The largest absolute Gasteiger partial charge is 0.480 e. The van der Waals surface area contributed by atoms with Crippen molar-refractivity contribution in [3.8, 4) is 11.1 Å². The van der Waals surface area contributed by atoms with Crippen LogP contribution in [0.15, 0.2) is 122 Å². The van der Waals surface area contributed by atoms with Crippen LogP contribution < -0.4 is 10.6 Å². The van der Waals surface area contributed by atoms with E-state index < -0.39 is 53.8 Å². The van der Waals surface area contributed by atoms with Crippen LogP contribution in [0.2, 0.25) is 0 Å². The number of unbranched alkanes of at least 4 members (excludes halogenated alkanes) is 1. The van der Waals surface area contributed by atoms with Crippen molar-refractivity contribution in [3.05, 3.63) is 144 Å². The van der Waals surface area contributed by atoms with Crippen molar-refractivity contribution in [3.63, 3.8) is 0 Å². The van der Waals surface area contributed by atoms with Gasteiger partial charge in [0.25, 0.3) is 0 Å². The molecule has 5 rings (SSSR count). The summed E-state index contributed by atoms with van der Waals surface area (Å²) in [4.78, 5) is 67.5. The Balaban J connectivity index is 1.36. The molecule has 0 aliphatic heterocycles. The van der Waals surface area contributed by atoms with E-state index >= 15 is 0 Å². The summed E-state index contributed by atoms with van der Waals surface area (Å²) in [7, 11) is 0. The van der Waals surface area contributed by atoms with E-state index in [0.717, 1.165) is 33.4 Å². The Kier molecular flexibility index (Phi) is 16.5. The van der Waals surface area contributed by atoms with Gasteiger partial charge >= 0.3 is 30.2 Å². The maximum atomic E-state index is 14.4. The van der Waals surface area contributed by atoms with Crippen LogP contribution >= 0.6 is 0 Å². The second kappa shape index (κ2) is 22.1. The summed E-state index contributed by atoms with van der Waals surface area (Å²) in [6.07, 6.45) is -0.0462. The molecule has 0 fully saturated rings. The van der Waals surface area contributed by atoms with Gasteiger partial charge in [-0.1, -0.05) is 115 Å². The Labute approximate surface area is 357 Å². The minimum Gasteiger partial charge on any atom is -0.480 e. The molecule has 322 valence electrons. The Morgan fingerprint density at radius 3 is 1.85 bits per heavy atom. The molecular formula is C48H55N3O10. The standard InChI is InChI=1S/C48H55N3O10/c1-5-35(42(43(52)53)50-46(56)61-48(2,3)4)27-29-51(47(57)60-32-40-38-24-14-12-22-36(38)37-23-13-15-25-39(37)40)41(44(54)58-30-33-18-8-6-9-19-33)26-16-17-28-49-45(55)59-31-34-20-10-7-11-21-34/h5-15,18-25,35,40-42H,1,16-17,26-32H2,2-4H3,(H,49,55)(H,50,56)(H,52,53)/t35-,41+,42+/m1/s1. The van der Waals surface area contributed by atoms with Crippen molar-refractivity contribution >= 4 is 30.2 Å². The number of carboxylic acid groups (broad SMARTS) is 1. The Morgan fingerprint density at radius 1 is 0.738 bits per heavy atom. The Morgan fingerprint density at radius 2 is 1.30 bits per heavy atom. The summed E-state index contributed by atoms with van der Waals surface area (Å²) in [6, 6.07) is 31.6. The molecule has 0 radical (unpaired) electrons. The lowest BCUT2D eigenvalue weighted by Crippen LogP contribution is -2.50. The molecule has 0 aromatic heterocycles. The summed E-state index contributed by atoms with van der Waals surface area (Å²) in [5.74, 6) is -3.20. The maximum absolute atomic E-state index is 14.4. The molecule has 3 atom stereocenters. The zero-order valence-corrected chi connectivity index (χ0v) is 34.9. The number of alkyl carbamates (subject to hydrolysis) is 2. The lowest BCUT2D eigenvalue weighted by Gasteiger charge is -2.32. The molecule has 3 amide bonds. The van der Waals surface area contributed by atoms with Crippen LogP contribution in [0.25, 0.3) is 11.1 Å². The number of hydrogen-bond donors (Lipinski definition) is 3. The first-order chi connectivity index (χ1) is 29.3. The molecular weight excluding hydrogens is 779 g/mol. The number of benzene rings is 4. The minimum atomic E-state index is -1.46. The van der Waals surface area contributed by atoms with Crippen LogP contribution in [0, 0.1) is 5.92 Å². The van der Waals surface area contributed by atoms with Crippen molar-refractivity contribution in [2.24, 2.45) is 5.92 Å². The number of esters is 1. The number of aliphatic carboxylic acids is 1. The fourth-order valence-electron chi connectivity index (χ4n) is 7.20. The minimum absolute atomic E-state index is 0.0300. The zero-order valence-electron chi connectivity index (χ0n) is 34.9. The summed E-state index contributed by atoms with van der Waals surface area (Å²) in [5, 5.41) is 15.3. The van der Waals surface area contributed by atoms with E-state index in [4.69, 9.17) is 18.9 Å². The second-order valence-corrected chi connectivity index (χ2v) is 15.7. The molecule has 13 heteroatoms. The SMILES string of the molecule is C=C[C@H](CCN(C(=O)OCC1c2ccccc2-c2ccccc21)[C@@H](CCCCNC(=O)OCc1ccccc1)C(=O)OCc1ccccc1)[C@H](NC(=O)OC(C)(C)C)C(=O)O. The number of carbonyl (C=O) groups excluding carboxylic acids is 4. The number of amides is 3. The van der Waals surface area contributed by atoms with Crippen LogP contribution in [-0.4, -0.2) is 77.6 Å². The molecule has 0 heterocycles. The van der Waals surface area contributed by atoms with E-state index in [1.54, 1.807) is 20.8 Å². The fraction of sp³-hybridized carbons (Fsp3) is 0.354. The van der Waals surface area contributed by atoms with E-state index in [0.29, 0.717) is 12.8 Å². The van der Waals surface area contributed by atoms with Crippen molar-refractivity contribution < 1.29 is 48.0 Å². The molecule has 1 aliphatic rings. The second-order valence-electron chi connectivity index (χ2n) is 15.7. The van der Waals surface area contributed by atoms with Gasteiger partial charge in [0.1, 0.15) is 37.5 Å². The highest BCUT2D eigenvalue weighted by Crippen LogP contribution is 2.44. The van der Waals surface area contributed by atoms with Crippen molar-refractivity contribution in [2.45, 2.75) is 83.3 Å². The fourth-order valence-corrected chi connectivity index (χ4v) is 7.20. The van der Waals surface area contributed by atoms with Gasteiger partial charge in [-0.2, -0.15) is 0 Å². The average Bonchev–Trinajstić information content (AvgIpc) is 3.57. The van der Waals surface area contributed by atoms with E-state index in [9.17, 15) is 29.1 Å². The normalized spacial score (nSPS) is 13.3. The quantitative estimate of drug-likeness (QED) is 0.0339. The molecule has 4 aromatic carbocycles. The highest BCUT2D eigenvalue weighted by Gasteiger charge is 2.37. The summed E-state index contributed by atoms with van der Waals surface area (Å²) in [6.45, 7) is 8.89. The monoisotopic (exact) mass is 833 g/mol. The number of ether oxygens (including phenoxy) is 4. The lowest BCUT2D eigenvalue weighted by molar-refractivity contribution is -0.151. The van der Waals surface area contributed by atoms with Gasteiger partial charge in [-0.3, -0.25) is 4.90 Å². The Hall–Kier alpha value is -6.63. The molecule has 0 spiro atoms. The molecule has 3 N–H and O–H groups in total. The van der Waals surface area contributed by atoms with Gasteiger partial charge in [0.05, 0.1) is 0 Å². The first kappa shape index (κ1) is 45.5. The summed E-state index contributed by atoms with van der Waals surface area (Å²) >= 11 is 0. The highest BCUT2D eigenvalue weighted by molar-refractivity contribution is 5.83. The van der Waals surface area contributed by atoms with Gasteiger partial charge in [0.2, 0.25) is 0 Å². The van der Waals surface area contributed by atoms with Crippen LogP contribution in [0.4, 0.5) is 14.4 Å². The van der Waals surface area contributed by atoms with Gasteiger partial charge in [-0.25, -0.2) is 24.0 Å². The van der Waals surface area contributed by atoms with Gasteiger partial charge < -0.3 is 34.7 Å². The summed E-state index contributed by atoms with van der Waals surface area (Å²) < 4.78 is 22.5. The third kappa shape index (κ3) is 13.4. The molecule has 0 saturated carbocycles. The average molecular weight is 834 g/mol. The highest BCUT2D eigenvalue weighted by atomic mass is 16.6. The molecule has 13 nitrogen and oxygen atoms in total. The number of nitrogens with one attached hydrogen (secondary N) is 2. The zero-order chi connectivity index (χ0) is 43.8. The van der Waals surface area contributed by atoms with Gasteiger partial charge in [0, 0.05) is 24.9 Å². The van der Waals surface area contributed by atoms with Gasteiger partial charge in [-0.15, -0.1) is 6.58 Å². The third-order valence-corrected chi connectivity index (χ3v) is 10.2. The molecule has 0 saturated heterocycles. The predicted octanol–water partition coefficient (Wildman–Crippen LogP) is 8.62. The van der Waals surface area contributed by atoms with Crippen LogP contribution in [0.5, 0.6) is 0 Å². The van der Waals surface area contributed by atoms with E-state index in [-0.39, 0.29) is 51.7 Å². The van der Waals surface area contributed by atoms with Gasteiger partial charge in [-0.05, 0) is 79.8 Å². The Bertz CT molecular complexity index is 2060. The van der Waals surface area contributed by atoms with Gasteiger partial charge in [0.15, 0.2) is 0 Å². The van der Waals surface area contributed by atoms with E-state index in [1.807, 2.05) is 109 Å². The summed E-state index contributed by atoms with van der Waals surface area (Å²) in [5.41, 5.74) is 4.79. The predicted molar refractivity (Wildman–Crippen MR) is 229 cm³/mol. The number of hydrogen-bond acceptors (Lipinski definition) is 9.